The largest absolute Gasteiger partial charge is 0.477 e. The first-order valence-electron chi connectivity index (χ1n) is 4.16. The van der Waals surface area contributed by atoms with Crippen molar-refractivity contribution in [2.75, 3.05) is 6.26 Å². The van der Waals surface area contributed by atoms with Crippen molar-refractivity contribution >= 4 is 51.5 Å². The van der Waals surface area contributed by atoms with Crippen molar-refractivity contribution in [1.29, 1.82) is 0 Å². The van der Waals surface area contributed by atoms with E-state index in [1.807, 2.05) is 0 Å². The van der Waals surface area contributed by atoms with Gasteiger partial charge in [-0.05, 0) is 0 Å². The molecule has 0 spiro atoms. The van der Waals surface area contributed by atoms with Crippen LogP contribution in [-0.2, 0) is 28.7 Å². The summed E-state index contributed by atoms with van der Waals surface area (Å²) in [5.41, 5.74) is 4.22. The molecule has 3 N–H and O–H groups in total. The van der Waals surface area contributed by atoms with Crippen LogP contribution in [0.5, 0.6) is 0 Å². The van der Waals surface area contributed by atoms with Gasteiger partial charge in [-0.25, -0.2) is 9.59 Å². The summed E-state index contributed by atoms with van der Waals surface area (Å²) in [5.74, 6) is -3.68. The van der Waals surface area contributed by atoms with Crippen LogP contribution in [0.3, 0.4) is 0 Å². The molecule has 0 aromatic rings. The number of hydrogen-bond donors (Lipinski definition) is 2. The highest BCUT2D eigenvalue weighted by Crippen LogP contribution is 2.53. The molecule has 0 aromatic carbocycles. The molecule has 0 aliphatic carbocycles. The van der Waals surface area contributed by atoms with Gasteiger partial charge >= 0.3 is 22.1 Å². The Balaban J connectivity index is 2.74. The van der Waals surface area contributed by atoms with E-state index in [1.165, 1.54) is 0 Å². The maximum absolute atomic E-state index is 11.2. The molecule has 0 unspecified atom stereocenters. The van der Waals surface area contributed by atoms with E-state index in [1.54, 1.807) is 0 Å². The predicted molar refractivity (Wildman–Crippen MR) is 63.8 cm³/mol. The maximum Gasteiger partial charge on any atom is 0.345 e. The Labute approximate surface area is 110 Å². The van der Waals surface area contributed by atoms with Gasteiger partial charge in [0.2, 0.25) is 0 Å². The Morgan fingerprint density at radius 3 is 2.17 bits per heavy atom. The van der Waals surface area contributed by atoms with Crippen molar-refractivity contribution in [3.63, 3.8) is 0 Å². The van der Waals surface area contributed by atoms with Crippen LogP contribution >= 0.6 is 23.5 Å². The zero-order chi connectivity index (χ0) is 14.1. The fourth-order valence-electron chi connectivity index (χ4n) is 0.899. The average molecular weight is 313 g/mol. The number of carboxylic acids is 1. The minimum Gasteiger partial charge on any atom is -0.477 e. The Bertz CT molecular complexity index is 525. The van der Waals surface area contributed by atoms with Gasteiger partial charge in [-0.15, -0.1) is 0 Å². The SMILES string of the molecule is CS(=O)(=O)OC(=O)C1SC(=C(C(N)=O)C(=O)O)S1. The number of thioether (sulfide) groups is 2. The van der Waals surface area contributed by atoms with Gasteiger partial charge in [-0.1, -0.05) is 23.5 Å². The first-order chi connectivity index (χ1) is 8.11. The molecular weight excluding hydrogens is 306 g/mol. The van der Waals surface area contributed by atoms with Crippen LogP contribution in [0.1, 0.15) is 0 Å². The molecule has 0 atom stereocenters. The van der Waals surface area contributed by atoms with Gasteiger partial charge in [0, 0.05) is 0 Å². The summed E-state index contributed by atoms with van der Waals surface area (Å²) in [5, 5.41) is 8.69. The molecule has 1 heterocycles. The summed E-state index contributed by atoms with van der Waals surface area (Å²) >= 11 is 1.42. The second-order valence-electron chi connectivity index (χ2n) is 3.01. The minimum absolute atomic E-state index is 0.0467. The average Bonchev–Trinajstić information content (AvgIpc) is 2.04. The Morgan fingerprint density at radius 2 is 1.83 bits per heavy atom. The van der Waals surface area contributed by atoms with Gasteiger partial charge in [0.05, 0.1) is 10.5 Å². The third kappa shape index (κ3) is 3.65. The number of carbonyl (C=O) groups is 3. The molecule has 1 fully saturated rings. The molecule has 1 aliphatic heterocycles. The fraction of sp³-hybridized carbons (Fsp3) is 0.286. The van der Waals surface area contributed by atoms with Crippen LogP contribution in [-0.4, -0.2) is 42.2 Å². The van der Waals surface area contributed by atoms with Gasteiger partial charge in [0.1, 0.15) is 5.57 Å². The van der Waals surface area contributed by atoms with E-state index < -0.39 is 38.1 Å². The van der Waals surface area contributed by atoms with E-state index in [4.69, 9.17) is 10.8 Å². The highest BCUT2D eigenvalue weighted by molar-refractivity contribution is 8.39. The van der Waals surface area contributed by atoms with E-state index in [0.717, 1.165) is 0 Å². The molecule has 18 heavy (non-hydrogen) atoms. The molecule has 1 rings (SSSR count). The molecule has 0 bridgehead atoms. The van der Waals surface area contributed by atoms with Crippen LogP contribution < -0.4 is 5.73 Å². The quantitative estimate of drug-likeness (QED) is 0.291. The molecule has 8 nitrogen and oxygen atoms in total. The van der Waals surface area contributed by atoms with Gasteiger partial charge in [0.25, 0.3) is 5.91 Å². The first-order valence-corrected chi connectivity index (χ1v) is 7.73. The third-order valence-corrected chi connectivity index (χ3v) is 4.79. The summed E-state index contributed by atoms with van der Waals surface area (Å²) in [6.07, 6.45) is 0.710. The lowest BCUT2D eigenvalue weighted by Crippen LogP contribution is -2.28. The maximum atomic E-state index is 11.2. The number of rotatable bonds is 4. The minimum atomic E-state index is -3.92. The molecular formula is C7H7NO7S3. The zero-order valence-electron chi connectivity index (χ0n) is 8.78. The number of nitrogens with two attached hydrogens (primary N) is 1. The van der Waals surface area contributed by atoms with Crippen molar-refractivity contribution < 1.29 is 32.1 Å². The number of aliphatic carboxylic acids is 1. The number of carbonyl (C=O) groups excluding carboxylic acids is 2. The summed E-state index contributed by atoms with van der Waals surface area (Å²) in [6, 6.07) is 0. The second-order valence-corrected chi connectivity index (χ2v) is 7.37. The standard InChI is InChI=1S/C7H7NO7S3/c1-18(13,14)15-5(12)7-16-6(17-7)2(3(8)9)4(10)11/h7H,1H3,(H2,8,9)(H,10,11). The summed E-state index contributed by atoms with van der Waals surface area (Å²) in [4.78, 5) is 32.7. The molecule has 0 aromatic heterocycles. The van der Waals surface area contributed by atoms with Crippen LogP contribution in [0.25, 0.3) is 0 Å². The third-order valence-electron chi connectivity index (χ3n) is 1.52. The topological polar surface area (TPSA) is 141 Å². The number of amides is 1. The van der Waals surface area contributed by atoms with E-state index in [2.05, 4.69) is 4.18 Å². The molecule has 0 saturated carbocycles. The van der Waals surface area contributed by atoms with Crippen molar-refractivity contribution in [3.8, 4) is 0 Å². The smallest absolute Gasteiger partial charge is 0.345 e. The van der Waals surface area contributed by atoms with Crippen molar-refractivity contribution in [3.05, 3.63) is 9.81 Å². The Hall–Kier alpha value is -1.20. The van der Waals surface area contributed by atoms with E-state index in [9.17, 15) is 22.8 Å². The Morgan fingerprint density at radius 1 is 1.33 bits per heavy atom. The van der Waals surface area contributed by atoms with Gasteiger partial charge in [0.15, 0.2) is 4.58 Å². The van der Waals surface area contributed by atoms with Crippen LogP contribution in [0.4, 0.5) is 0 Å². The summed E-state index contributed by atoms with van der Waals surface area (Å²) < 4.78 is 24.6. The summed E-state index contributed by atoms with van der Waals surface area (Å²) in [7, 11) is -3.92. The van der Waals surface area contributed by atoms with E-state index >= 15 is 0 Å². The first kappa shape index (κ1) is 14.9. The fourth-order valence-corrected chi connectivity index (χ4v) is 3.59. The van der Waals surface area contributed by atoms with E-state index in [-0.39, 0.29) is 4.24 Å². The van der Waals surface area contributed by atoms with Crippen LogP contribution in [0.15, 0.2) is 9.81 Å². The lowest BCUT2D eigenvalue weighted by Gasteiger charge is -2.25. The second kappa shape index (κ2) is 5.20. The highest BCUT2D eigenvalue weighted by atomic mass is 32.3. The van der Waals surface area contributed by atoms with Gasteiger partial charge in [-0.3, -0.25) is 4.79 Å². The van der Waals surface area contributed by atoms with Crippen LogP contribution in [0, 0.1) is 0 Å². The molecule has 1 amide bonds. The van der Waals surface area contributed by atoms with Crippen LogP contribution in [0.2, 0.25) is 0 Å². The lowest BCUT2D eigenvalue weighted by molar-refractivity contribution is -0.135. The molecule has 1 aliphatic rings. The predicted octanol–water partition coefficient (Wildman–Crippen LogP) is -0.923. The molecule has 0 radical (unpaired) electrons. The molecule has 100 valence electrons. The highest BCUT2D eigenvalue weighted by Gasteiger charge is 2.39. The molecule has 11 heteroatoms. The zero-order valence-corrected chi connectivity index (χ0v) is 11.2. The van der Waals surface area contributed by atoms with E-state index in [0.29, 0.717) is 29.8 Å². The monoisotopic (exact) mass is 313 g/mol. The molecule has 1 saturated heterocycles. The number of hydrogen-bond acceptors (Lipinski definition) is 8. The van der Waals surface area contributed by atoms with Crippen molar-refractivity contribution in [2.24, 2.45) is 5.73 Å². The van der Waals surface area contributed by atoms with Crippen molar-refractivity contribution in [1.82, 2.24) is 0 Å². The normalized spacial score (nSPS) is 18.7. The van der Waals surface area contributed by atoms with Gasteiger partial charge < -0.3 is 15.0 Å². The van der Waals surface area contributed by atoms with Crippen molar-refractivity contribution in [2.45, 2.75) is 4.58 Å². The Kier molecular flexibility index (Phi) is 4.29. The number of carboxylic acid groups (broad SMARTS) is 1. The summed E-state index contributed by atoms with van der Waals surface area (Å²) in [6.45, 7) is 0. The van der Waals surface area contributed by atoms with Gasteiger partial charge in [-0.2, -0.15) is 8.42 Å². The number of primary amides is 1. The lowest BCUT2D eigenvalue weighted by atomic mass is 10.3.